The largest absolute Gasteiger partial charge is 0.354 e. The van der Waals surface area contributed by atoms with Crippen molar-refractivity contribution in [3.05, 3.63) is 11.9 Å². The molecule has 0 fully saturated rings. The zero-order valence-electron chi connectivity index (χ0n) is 8.65. The van der Waals surface area contributed by atoms with Crippen LogP contribution in [0.4, 0.5) is 0 Å². The second-order valence-corrected chi connectivity index (χ2v) is 2.93. The molecule has 15 heavy (non-hydrogen) atoms. The molecule has 0 unspecified atom stereocenters. The van der Waals surface area contributed by atoms with Crippen molar-refractivity contribution in [1.29, 1.82) is 0 Å². The van der Waals surface area contributed by atoms with E-state index in [1.807, 2.05) is 0 Å². The molecule has 1 aromatic heterocycles. The van der Waals surface area contributed by atoms with Gasteiger partial charge in [-0.1, -0.05) is 5.21 Å². The van der Waals surface area contributed by atoms with Crippen molar-refractivity contribution >= 4 is 11.8 Å². The fourth-order valence-corrected chi connectivity index (χ4v) is 0.986. The maximum atomic E-state index is 11.1. The Kier molecular flexibility index (Phi) is 3.78. The summed E-state index contributed by atoms with van der Waals surface area (Å²) in [6.07, 6.45) is 1.53. The van der Waals surface area contributed by atoms with Crippen LogP contribution in [0, 0.1) is 0 Å². The summed E-state index contributed by atoms with van der Waals surface area (Å²) in [4.78, 5) is 21.7. The van der Waals surface area contributed by atoms with Gasteiger partial charge in [-0.25, -0.2) is 4.68 Å². The normalized spacial score (nSPS) is 9.73. The van der Waals surface area contributed by atoms with Crippen LogP contribution in [-0.4, -0.2) is 40.4 Å². The fourth-order valence-electron chi connectivity index (χ4n) is 0.986. The van der Waals surface area contributed by atoms with Crippen LogP contribution in [0.25, 0.3) is 0 Å². The van der Waals surface area contributed by atoms with Gasteiger partial charge in [-0.2, -0.15) is 0 Å². The van der Waals surface area contributed by atoms with Crippen LogP contribution in [0.5, 0.6) is 0 Å². The van der Waals surface area contributed by atoms with Crippen molar-refractivity contribution in [2.75, 3.05) is 13.6 Å². The van der Waals surface area contributed by atoms with Crippen molar-refractivity contribution in [3.8, 4) is 0 Å². The second-order valence-electron chi connectivity index (χ2n) is 2.93. The van der Waals surface area contributed by atoms with E-state index >= 15 is 0 Å². The summed E-state index contributed by atoms with van der Waals surface area (Å²) in [5, 5.41) is 12.5. The van der Waals surface area contributed by atoms with Gasteiger partial charge in [-0.15, -0.1) is 5.10 Å². The highest BCUT2D eigenvalue weighted by molar-refractivity contribution is 5.91. The van der Waals surface area contributed by atoms with Gasteiger partial charge in [0.25, 0.3) is 5.91 Å². The number of rotatable bonds is 4. The van der Waals surface area contributed by atoms with E-state index in [2.05, 4.69) is 20.9 Å². The number of hydrogen-bond acceptors (Lipinski definition) is 4. The number of aromatic nitrogens is 3. The smallest absolute Gasteiger partial charge is 0.273 e. The Balaban J connectivity index is 2.46. The van der Waals surface area contributed by atoms with Crippen molar-refractivity contribution < 1.29 is 9.59 Å². The number of nitrogens with zero attached hydrogens (tertiary/aromatic N) is 3. The molecule has 2 N–H and O–H groups in total. The minimum absolute atomic E-state index is 0.0957. The third-order valence-electron chi connectivity index (χ3n) is 1.71. The van der Waals surface area contributed by atoms with E-state index in [-0.39, 0.29) is 17.5 Å². The zero-order valence-corrected chi connectivity index (χ0v) is 8.65. The Morgan fingerprint density at radius 2 is 2.27 bits per heavy atom. The summed E-state index contributed by atoms with van der Waals surface area (Å²) in [7, 11) is 1.53. The molecule has 1 aromatic rings. The molecule has 1 rings (SSSR count). The van der Waals surface area contributed by atoms with Crippen molar-refractivity contribution in [3.63, 3.8) is 0 Å². The number of hydrogen-bond donors (Lipinski definition) is 2. The average Bonchev–Trinajstić information content (AvgIpc) is 2.65. The Hall–Kier alpha value is -1.92. The highest BCUT2D eigenvalue weighted by Crippen LogP contribution is 1.91. The standard InChI is InChI=1S/C8H13N5O2/c1-6(14)10-3-4-13-5-7(11-12-13)8(15)9-2/h5H,3-4H2,1-2H3,(H,9,15)(H,10,14). The maximum Gasteiger partial charge on any atom is 0.273 e. The molecule has 2 amide bonds. The molecule has 82 valence electrons. The lowest BCUT2D eigenvalue weighted by Crippen LogP contribution is -2.24. The van der Waals surface area contributed by atoms with Crippen LogP contribution in [0.2, 0.25) is 0 Å². The van der Waals surface area contributed by atoms with E-state index < -0.39 is 0 Å². The Morgan fingerprint density at radius 1 is 1.53 bits per heavy atom. The third-order valence-corrected chi connectivity index (χ3v) is 1.71. The summed E-state index contributed by atoms with van der Waals surface area (Å²) in [5.41, 5.74) is 0.264. The second kappa shape index (κ2) is 5.08. The molecular weight excluding hydrogens is 198 g/mol. The van der Waals surface area contributed by atoms with Gasteiger partial charge in [-0.3, -0.25) is 9.59 Å². The minimum atomic E-state index is -0.277. The summed E-state index contributed by atoms with van der Waals surface area (Å²) in [6.45, 7) is 2.40. The number of amides is 2. The summed E-state index contributed by atoms with van der Waals surface area (Å²) < 4.78 is 1.50. The third kappa shape index (κ3) is 3.37. The molecule has 0 atom stereocenters. The van der Waals surface area contributed by atoms with Gasteiger partial charge >= 0.3 is 0 Å². The number of carbonyl (C=O) groups excluding carboxylic acids is 2. The Bertz CT molecular complexity index is 360. The first-order valence-electron chi connectivity index (χ1n) is 4.50. The number of carbonyl (C=O) groups is 2. The van der Waals surface area contributed by atoms with Gasteiger partial charge in [-0.05, 0) is 0 Å². The molecular formula is C8H13N5O2. The zero-order chi connectivity index (χ0) is 11.3. The summed E-state index contributed by atoms with van der Waals surface area (Å²) in [6, 6.07) is 0. The average molecular weight is 211 g/mol. The molecule has 0 spiro atoms. The Labute approximate surface area is 86.8 Å². The fraction of sp³-hybridized carbons (Fsp3) is 0.500. The predicted octanol–water partition coefficient (Wildman–Crippen LogP) is -1.23. The molecule has 0 aliphatic rings. The number of nitrogens with one attached hydrogen (secondary N) is 2. The lowest BCUT2D eigenvalue weighted by atomic mass is 10.4. The van der Waals surface area contributed by atoms with Gasteiger partial charge in [0.1, 0.15) is 0 Å². The molecule has 0 saturated heterocycles. The quantitative estimate of drug-likeness (QED) is 0.653. The molecule has 0 aromatic carbocycles. The molecule has 1 heterocycles. The first-order valence-corrected chi connectivity index (χ1v) is 4.50. The molecule has 0 aliphatic carbocycles. The van der Waals surface area contributed by atoms with Gasteiger partial charge in [0.05, 0.1) is 12.7 Å². The van der Waals surface area contributed by atoms with Crippen LogP contribution < -0.4 is 10.6 Å². The summed E-state index contributed by atoms with van der Waals surface area (Å²) in [5.74, 6) is -0.373. The van der Waals surface area contributed by atoms with E-state index in [0.717, 1.165) is 0 Å². The lowest BCUT2D eigenvalue weighted by Gasteiger charge is -2.00. The van der Waals surface area contributed by atoms with E-state index in [9.17, 15) is 9.59 Å². The molecule has 0 bridgehead atoms. The Morgan fingerprint density at radius 3 is 2.87 bits per heavy atom. The monoisotopic (exact) mass is 211 g/mol. The van der Waals surface area contributed by atoms with Gasteiger partial charge in [0.2, 0.25) is 5.91 Å². The highest BCUT2D eigenvalue weighted by Gasteiger charge is 2.07. The van der Waals surface area contributed by atoms with Crippen molar-refractivity contribution in [2.24, 2.45) is 0 Å². The van der Waals surface area contributed by atoms with Crippen LogP contribution in [-0.2, 0) is 11.3 Å². The molecule has 0 radical (unpaired) electrons. The van der Waals surface area contributed by atoms with Gasteiger partial charge in [0.15, 0.2) is 5.69 Å². The van der Waals surface area contributed by atoms with Crippen molar-refractivity contribution in [1.82, 2.24) is 25.6 Å². The minimum Gasteiger partial charge on any atom is -0.354 e. The SMILES string of the molecule is CNC(=O)c1cn(CCNC(C)=O)nn1. The topological polar surface area (TPSA) is 88.9 Å². The van der Waals surface area contributed by atoms with E-state index in [1.165, 1.54) is 24.9 Å². The van der Waals surface area contributed by atoms with E-state index in [4.69, 9.17) is 0 Å². The van der Waals surface area contributed by atoms with Gasteiger partial charge in [0, 0.05) is 20.5 Å². The lowest BCUT2D eigenvalue weighted by molar-refractivity contribution is -0.118. The van der Waals surface area contributed by atoms with Gasteiger partial charge < -0.3 is 10.6 Å². The highest BCUT2D eigenvalue weighted by atomic mass is 16.2. The molecule has 0 aliphatic heterocycles. The molecule has 0 saturated carbocycles. The summed E-state index contributed by atoms with van der Waals surface area (Å²) >= 11 is 0. The van der Waals surface area contributed by atoms with E-state index in [0.29, 0.717) is 13.1 Å². The molecule has 7 heteroatoms. The van der Waals surface area contributed by atoms with Crippen LogP contribution in [0.3, 0.4) is 0 Å². The maximum absolute atomic E-state index is 11.1. The first kappa shape index (κ1) is 11.2. The van der Waals surface area contributed by atoms with Crippen LogP contribution >= 0.6 is 0 Å². The van der Waals surface area contributed by atoms with Crippen molar-refractivity contribution in [2.45, 2.75) is 13.5 Å². The van der Waals surface area contributed by atoms with Crippen LogP contribution in [0.15, 0.2) is 6.20 Å². The predicted molar refractivity (Wildman–Crippen MR) is 52.1 cm³/mol. The first-order chi connectivity index (χ1) is 7.13. The molecule has 7 nitrogen and oxygen atoms in total. The van der Waals surface area contributed by atoms with Crippen LogP contribution in [0.1, 0.15) is 17.4 Å². The van der Waals surface area contributed by atoms with E-state index in [1.54, 1.807) is 0 Å².